The number of sulfonamides is 1. The minimum Gasteiger partial charge on any atom is -0.415 e. The third kappa shape index (κ3) is 4.81. The molecule has 0 saturated carbocycles. The zero-order valence-electron chi connectivity index (χ0n) is 17.6. The number of benzene rings is 2. The van der Waals surface area contributed by atoms with Gasteiger partial charge in [0.2, 0.25) is 15.9 Å². The van der Waals surface area contributed by atoms with Gasteiger partial charge in [-0.05, 0) is 62.8 Å². The van der Waals surface area contributed by atoms with Crippen LogP contribution < -0.4 is 4.31 Å². The Morgan fingerprint density at radius 3 is 2.31 bits per heavy atom. The Labute approximate surface area is 185 Å². The van der Waals surface area contributed by atoms with Gasteiger partial charge in [-0.2, -0.15) is 8.78 Å². The molecule has 1 aliphatic rings. The number of para-hydroxylation sites is 1. The molecule has 1 fully saturated rings. The maximum absolute atomic E-state index is 13.6. The average Bonchev–Trinajstić information content (AvgIpc) is 3.29. The fraction of sp³-hybridized carbons (Fsp3) is 0.364. The van der Waals surface area contributed by atoms with E-state index in [0.717, 1.165) is 18.7 Å². The molecule has 0 aliphatic carbocycles. The van der Waals surface area contributed by atoms with Crippen molar-refractivity contribution in [3.8, 4) is 11.5 Å². The predicted octanol–water partition coefficient (Wildman–Crippen LogP) is 4.10. The van der Waals surface area contributed by atoms with Gasteiger partial charge in [0.25, 0.3) is 5.89 Å². The van der Waals surface area contributed by atoms with Crippen LogP contribution in [0.25, 0.3) is 11.5 Å². The number of hydrogen-bond acceptors (Lipinski definition) is 6. The van der Waals surface area contributed by atoms with E-state index in [1.54, 1.807) is 36.4 Å². The summed E-state index contributed by atoms with van der Waals surface area (Å²) in [5.74, 6) is -0.741. The number of aromatic nitrogens is 2. The van der Waals surface area contributed by atoms with Gasteiger partial charge < -0.3 is 9.32 Å². The quantitative estimate of drug-likeness (QED) is 0.526. The highest BCUT2D eigenvalue weighted by Crippen LogP contribution is 2.29. The van der Waals surface area contributed by atoms with Gasteiger partial charge in [-0.15, -0.1) is 10.2 Å². The van der Waals surface area contributed by atoms with Gasteiger partial charge in [-0.25, -0.2) is 8.42 Å². The molecule has 3 aromatic rings. The number of hydrogen-bond donors (Lipinski definition) is 0. The Morgan fingerprint density at radius 2 is 1.72 bits per heavy atom. The van der Waals surface area contributed by atoms with Crippen LogP contribution in [0.2, 0.25) is 0 Å². The lowest BCUT2D eigenvalue weighted by Gasteiger charge is -2.34. The van der Waals surface area contributed by atoms with Crippen molar-refractivity contribution in [1.29, 1.82) is 0 Å². The average molecular weight is 463 g/mol. The first-order valence-electron chi connectivity index (χ1n) is 10.3. The molecule has 170 valence electrons. The fourth-order valence-electron chi connectivity index (χ4n) is 3.74. The molecular formula is C22H24F2N4O3S. The van der Waals surface area contributed by atoms with Crippen LogP contribution in [0, 0.1) is 0 Å². The number of nitrogens with zero attached hydrogens (tertiary/aromatic N) is 4. The van der Waals surface area contributed by atoms with Crippen molar-refractivity contribution in [1.82, 2.24) is 15.1 Å². The molecule has 7 nitrogen and oxygen atoms in total. The topological polar surface area (TPSA) is 79.5 Å². The van der Waals surface area contributed by atoms with Crippen molar-refractivity contribution in [3.05, 3.63) is 66.1 Å². The zero-order valence-corrected chi connectivity index (χ0v) is 18.4. The Kier molecular flexibility index (Phi) is 6.52. The van der Waals surface area contributed by atoms with Crippen molar-refractivity contribution in [2.24, 2.45) is 0 Å². The lowest BCUT2D eigenvalue weighted by molar-refractivity contribution is 0.116. The fourth-order valence-corrected chi connectivity index (χ4v) is 5.65. The van der Waals surface area contributed by atoms with Gasteiger partial charge in [0.05, 0.1) is 17.5 Å². The molecule has 1 aliphatic heterocycles. The molecule has 32 heavy (non-hydrogen) atoms. The van der Waals surface area contributed by atoms with Crippen LogP contribution in [0.1, 0.15) is 30.7 Å². The molecular weight excluding hydrogens is 438 g/mol. The van der Waals surface area contributed by atoms with E-state index in [0.29, 0.717) is 24.1 Å². The van der Waals surface area contributed by atoms with Crippen molar-refractivity contribution < 1.29 is 21.6 Å². The van der Waals surface area contributed by atoms with E-state index in [-0.39, 0.29) is 12.4 Å². The standard InChI is InChI=1S/C22H24F2N4O3S/c1-27-13-11-19(12-14-27)32(29,30)28(18-5-3-2-4-6-18)15-16-7-9-17(10-8-16)21-25-26-22(31-21)20(23)24/h2-10,19-20H,11-15H2,1H3. The number of likely N-dealkylation sites (tertiary alicyclic amines) is 1. The maximum atomic E-state index is 13.6. The van der Waals surface area contributed by atoms with Gasteiger partial charge in [-0.3, -0.25) is 4.31 Å². The van der Waals surface area contributed by atoms with Crippen LogP contribution in [0.15, 0.2) is 59.0 Å². The predicted molar refractivity (Wildman–Crippen MR) is 117 cm³/mol. The first-order chi connectivity index (χ1) is 15.3. The molecule has 0 radical (unpaired) electrons. The molecule has 10 heteroatoms. The smallest absolute Gasteiger partial charge is 0.314 e. The molecule has 0 N–H and O–H groups in total. The highest BCUT2D eigenvalue weighted by atomic mass is 32.2. The number of piperidine rings is 1. The maximum Gasteiger partial charge on any atom is 0.314 e. The van der Waals surface area contributed by atoms with Gasteiger partial charge in [0, 0.05) is 5.56 Å². The zero-order chi connectivity index (χ0) is 22.7. The summed E-state index contributed by atoms with van der Waals surface area (Å²) < 4.78 is 58.9. The van der Waals surface area contributed by atoms with Crippen molar-refractivity contribution in [2.45, 2.75) is 31.1 Å². The first kappa shape index (κ1) is 22.3. The lowest BCUT2D eigenvalue weighted by Crippen LogP contribution is -2.44. The summed E-state index contributed by atoms with van der Waals surface area (Å²) in [6.07, 6.45) is -1.66. The Morgan fingerprint density at radius 1 is 1.06 bits per heavy atom. The molecule has 4 rings (SSSR count). The van der Waals surface area contributed by atoms with Gasteiger partial charge >= 0.3 is 6.43 Å². The molecule has 0 spiro atoms. The molecule has 1 aromatic heterocycles. The summed E-state index contributed by atoms with van der Waals surface area (Å²) in [7, 11) is -1.59. The van der Waals surface area contributed by atoms with Crippen LogP contribution >= 0.6 is 0 Å². The first-order valence-corrected chi connectivity index (χ1v) is 11.8. The van der Waals surface area contributed by atoms with Gasteiger partial charge in [0.15, 0.2) is 0 Å². The lowest BCUT2D eigenvalue weighted by atomic mass is 10.1. The number of halogens is 2. The molecule has 0 bridgehead atoms. The summed E-state index contributed by atoms with van der Waals surface area (Å²) in [4.78, 5) is 2.13. The summed E-state index contributed by atoms with van der Waals surface area (Å²) in [6.45, 7) is 1.64. The van der Waals surface area contributed by atoms with E-state index in [4.69, 9.17) is 4.42 Å². The third-order valence-electron chi connectivity index (χ3n) is 5.59. The Hall–Kier alpha value is -2.85. The van der Waals surface area contributed by atoms with Crippen molar-refractivity contribution >= 4 is 15.7 Å². The molecule has 2 heterocycles. The summed E-state index contributed by atoms with van der Waals surface area (Å²) >= 11 is 0. The minimum atomic E-state index is -3.58. The highest BCUT2D eigenvalue weighted by Gasteiger charge is 2.34. The molecule has 2 aromatic carbocycles. The summed E-state index contributed by atoms with van der Waals surface area (Å²) in [6, 6.07) is 15.8. The van der Waals surface area contributed by atoms with E-state index < -0.39 is 27.6 Å². The second-order valence-corrected chi connectivity index (χ2v) is 9.97. The molecule has 0 unspecified atom stereocenters. The van der Waals surface area contributed by atoms with Gasteiger partial charge in [0.1, 0.15) is 0 Å². The summed E-state index contributed by atoms with van der Waals surface area (Å²) in [5, 5.41) is 6.54. The summed E-state index contributed by atoms with van der Waals surface area (Å²) in [5.41, 5.74) is 1.84. The van der Waals surface area contributed by atoms with E-state index in [1.807, 2.05) is 25.2 Å². The normalized spacial score (nSPS) is 15.9. The van der Waals surface area contributed by atoms with Crippen LogP contribution in [-0.2, 0) is 16.6 Å². The van der Waals surface area contributed by atoms with Crippen LogP contribution in [-0.4, -0.2) is 48.9 Å². The van der Waals surface area contributed by atoms with Crippen molar-refractivity contribution in [2.75, 3.05) is 24.4 Å². The second-order valence-electron chi connectivity index (χ2n) is 7.83. The van der Waals surface area contributed by atoms with Crippen molar-refractivity contribution in [3.63, 3.8) is 0 Å². The SMILES string of the molecule is CN1CCC(S(=O)(=O)N(Cc2ccc(-c3nnc(C(F)F)o3)cc2)c2ccccc2)CC1. The number of alkyl halides is 2. The Bertz CT molecular complexity index is 1130. The van der Waals surface area contributed by atoms with E-state index in [1.165, 1.54) is 4.31 Å². The second kappa shape index (κ2) is 9.33. The van der Waals surface area contributed by atoms with Crippen LogP contribution in [0.4, 0.5) is 14.5 Å². The minimum absolute atomic E-state index is 0.00860. The van der Waals surface area contributed by atoms with E-state index >= 15 is 0 Å². The Balaban J connectivity index is 1.58. The molecule has 1 saturated heterocycles. The number of anilines is 1. The monoisotopic (exact) mass is 462 g/mol. The largest absolute Gasteiger partial charge is 0.415 e. The third-order valence-corrected chi connectivity index (χ3v) is 7.86. The van der Waals surface area contributed by atoms with Crippen LogP contribution in [0.3, 0.4) is 0 Å². The van der Waals surface area contributed by atoms with Gasteiger partial charge in [-0.1, -0.05) is 30.3 Å². The molecule has 0 atom stereocenters. The molecule has 0 amide bonds. The van der Waals surface area contributed by atoms with E-state index in [2.05, 4.69) is 15.1 Å². The van der Waals surface area contributed by atoms with Crippen LogP contribution in [0.5, 0.6) is 0 Å². The highest BCUT2D eigenvalue weighted by molar-refractivity contribution is 7.93. The van der Waals surface area contributed by atoms with E-state index in [9.17, 15) is 17.2 Å². The number of rotatable bonds is 7.